The molecule has 0 saturated carbocycles. The minimum atomic E-state index is -0.269. The number of ether oxygens (including phenoxy) is 1. The van der Waals surface area contributed by atoms with Gasteiger partial charge in [0.05, 0.1) is 36.8 Å². The van der Waals surface area contributed by atoms with Crippen molar-refractivity contribution in [1.82, 2.24) is 20.3 Å². The summed E-state index contributed by atoms with van der Waals surface area (Å²) in [6, 6.07) is 12.1. The summed E-state index contributed by atoms with van der Waals surface area (Å²) in [5.74, 6) is -0.0959. The molecule has 2 aliphatic rings. The lowest BCUT2D eigenvalue weighted by Gasteiger charge is -2.29. The number of nitrogens with zero attached hydrogens (tertiary/aromatic N) is 4. The van der Waals surface area contributed by atoms with Gasteiger partial charge in [-0.05, 0) is 23.6 Å². The molecule has 3 heterocycles. The monoisotopic (exact) mass is 441 g/mol. The van der Waals surface area contributed by atoms with Crippen LogP contribution in [-0.2, 0) is 11.2 Å². The second-order valence-electron chi connectivity index (χ2n) is 8.25. The predicted octanol–water partition coefficient (Wildman–Crippen LogP) is 3.58. The number of hydrogen-bond acceptors (Lipinski definition) is 6. The number of hydrogen-bond donors (Lipinski definition) is 1. The summed E-state index contributed by atoms with van der Waals surface area (Å²) in [5, 5.41) is 3.04. The first-order chi connectivity index (χ1) is 16.2. The first kappa shape index (κ1) is 21.3. The smallest absolute Gasteiger partial charge is 0.289 e. The molecule has 2 aromatic heterocycles. The van der Waals surface area contributed by atoms with Crippen LogP contribution >= 0.6 is 0 Å². The molecule has 33 heavy (non-hydrogen) atoms. The summed E-state index contributed by atoms with van der Waals surface area (Å²) < 4.78 is 5.47. The van der Waals surface area contributed by atoms with E-state index in [9.17, 15) is 4.79 Å². The van der Waals surface area contributed by atoms with Crippen molar-refractivity contribution in [3.05, 3.63) is 89.3 Å². The third kappa shape index (κ3) is 4.50. The highest BCUT2D eigenvalue weighted by atomic mass is 16.5. The number of amides is 1. The molecule has 1 N–H and O–H groups in total. The molecule has 7 heteroatoms. The Kier molecular flexibility index (Phi) is 6.13. The number of nitrogens with one attached hydrogen (secondary N) is 1. The summed E-state index contributed by atoms with van der Waals surface area (Å²) in [4.78, 5) is 28.5. The van der Waals surface area contributed by atoms with Crippen LogP contribution in [-0.4, -0.2) is 47.2 Å². The molecule has 1 fully saturated rings. The Morgan fingerprint density at radius 2 is 1.85 bits per heavy atom. The number of rotatable bonds is 6. The second kappa shape index (κ2) is 9.50. The molecule has 7 nitrogen and oxygen atoms in total. The number of pyridine rings is 1. The minimum Gasteiger partial charge on any atom is -0.378 e. The van der Waals surface area contributed by atoms with E-state index in [-0.39, 0.29) is 17.8 Å². The van der Waals surface area contributed by atoms with E-state index in [1.54, 1.807) is 12.4 Å². The SMILES string of the molecule is CC[C@H](NC(=O)c1ncc(C2=CCc3ncc(N4CCOCC4)cc32)cn1)c1ccccc1. The van der Waals surface area contributed by atoms with Gasteiger partial charge in [0.15, 0.2) is 0 Å². The van der Waals surface area contributed by atoms with Gasteiger partial charge < -0.3 is 15.0 Å². The van der Waals surface area contributed by atoms with E-state index < -0.39 is 0 Å². The quantitative estimate of drug-likeness (QED) is 0.630. The number of carbonyl (C=O) groups is 1. The molecule has 1 aliphatic heterocycles. The minimum absolute atomic E-state index is 0.0731. The van der Waals surface area contributed by atoms with Crippen LogP contribution in [0.4, 0.5) is 5.69 Å². The second-order valence-corrected chi connectivity index (χ2v) is 8.25. The Morgan fingerprint density at radius 3 is 2.58 bits per heavy atom. The molecule has 1 aliphatic carbocycles. The fourth-order valence-corrected chi connectivity index (χ4v) is 4.37. The van der Waals surface area contributed by atoms with Crippen LogP contribution in [0, 0.1) is 0 Å². The van der Waals surface area contributed by atoms with Crippen LogP contribution in [0.15, 0.2) is 61.1 Å². The first-order valence-electron chi connectivity index (χ1n) is 11.4. The first-order valence-corrected chi connectivity index (χ1v) is 11.4. The van der Waals surface area contributed by atoms with Gasteiger partial charge in [0.1, 0.15) is 0 Å². The number of anilines is 1. The zero-order valence-corrected chi connectivity index (χ0v) is 18.7. The van der Waals surface area contributed by atoms with Crippen molar-refractivity contribution in [3.8, 4) is 0 Å². The number of fused-ring (bicyclic) bond motifs is 1. The normalized spacial score (nSPS) is 16.2. The van der Waals surface area contributed by atoms with E-state index in [1.165, 1.54) is 0 Å². The molecule has 1 atom stereocenters. The molecule has 3 aromatic rings. The van der Waals surface area contributed by atoms with Crippen molar-refractivity contribution in [1.29, 1.82) is 0 Å². The van der Waals surface area contributed by atoms with Crippen LogP contribution in [0.3, 0.4) is 0 Å². The number of morpholine rings is 1. The summed E-state index contributed by atoms with van der Waals surface area (Å²) in [6.07, 6.45) is 9.13. The maximum absolute atomic E-state index is 12.8. The van der Waals surface area contributed by atoms with E-state index >= 15 is 0 Å². The van der Waals surface area contributed by atoms with Gasteiger partial charge in [0.25, 0.3) is 5.91 Å². The maximum Gasteiger partial charge on any atom is 0.289 e. The number of aromatic nitrogens is 3. The Morgan fingerprint density at radius 1 is 1.09 bits per heavy atom. The van der Waals surface area contributed by atoms with Crippen molar-refractivity contribution >= 4 is 17.2 Å². The molecular weight excluding hydrogens is 414 g/mol. The molecule has 168 valence electrons. The molecule has 0 radical (unpaired) electrons. The Hall–Kier alpha value is -3.58. The number of benzene rings is 1. The number of carbonyl (C=O) groups excluding carboxylic acids is 1. The van der Waals surface area contributed by atoms with E-state index in [0.717, 1.165) is 72.8 Å². The topological polar surface area (TPSA) is 80.2 Å². The zero-order valence-electron chi connectivity index (χ0n) is 18.7. The van der Waals surface area contributed by atoms with E-state index in [2.05, 4.69) is 37.3 Å². The molecule has 1 aromatic carbocycles. The highest BCUT2D eigenvalue weighted by Gasteiger charge is 2.22. The van der Waals surface area contributed by atoms with Crippen molar-refractivity contribution in [2.45, 2.75) is 25.8 Å². The summed E-state index contributed by atoms with van der Waals surface area (Å²) in [5.41, 5.74) is 6.29. The van der Waals surface area contributed by atoms with Crippen molar-refractivity contribution in [2.75, 3.05) is 31.2 Å². The van der Waals surface area contributed by atoms with Crippen molar-refractivity contribution in [3.63, 3.8) is 0 Å². The van der Waals surface area contributed by atoms with Crippen LogP contribution < -0.4 is 10.2 Å². The highest BCUT2D eigenvalue weighted by molar-refractivity contribution is 5.91. The summed E-state index contributed by atoms with van der Waals surface area (Å²) in [7, 11) is 0. The lowest BCUT2D eigenvalue weighted by atomic mass is 10.0. The third-order valence-electron chi connectivity index (χ3n) is 6.20. The predicted molar refractivity (Wildman–Crippen MR) is 127 cm³/mol. The summed E-state index contributed by atoms with van der Waals surface area (Å²) >= 11 is 0. The van der Waals surface area contributed by atoms with E-state index in [1.807, 2.05) is 43.5 Å². The number of allylic oxidation sites excluding steroid dienone is 1. The third-order valence-corrected chi connectivity index (χ3v) is 6.20. The lowest BCUT2D eigenvalue weighted by molar-refractivity contribution is 0.0925. The Balaban J connectivity index is 1.32. The maximum atomic E-state index is 12.8. The molecule has 1 amide bonds. The van der Waals surface area contributed by atoms with Gasteiger partial charge >= 0.3 is 0 Å². The zero-order chi connectivity index (χ0) is 22.6. The van der Waals surface area contributed by atoms with Crippen LogP contribution in [0.1, 0.15) is 52.4 Å². The molecular formula is C26H27N5O2. The highest BCUT2D eigenvalue weighted by Crippen LogP contribution is 2.33. The fourth-order valence-electron chi connectivity index (χ4n) is 4.37. The van der Waals surface area contributed by atoms with Gasteiger partial charge in [-0.25, -0.2) is 9.97 Å². The van der Waals surface area contributed by atoms with E-state index in [4.69, 9.17) is 4.74 Å². The van der Waals surface area contributed by atoms with Crippen LogP contribution in [0.25, 0.3) is 5.57 Å². The fraction of sp³-hybridized carbons (Fsp3) is 0.308. The molecule has 0 spiro atoms. The lowest BCUT2D eigenvalue weighted by Crippen LogP contribution is -2.36. The van der Waals surface area contributed by atoms with Gasteiger partial charge in [0, 0.05) is 43.0 Å². The standard InChI is InChI=1S/C26H27N5O2/c1-2-23(18-6-4-3-5-7-18)30-26(32)25-28-15-19(16-29-25)21-8-9-24-22(21)14-20(17-27-24)31-10-12-33-13-11-31/h3-8,14-17,23H,2,9-13H2,1H3,(H,30,32)/t23-/m0/s1. The largest absolute Gasteiger partial charge is 0.378 e. The average molecular weight is 442 g/mol. The van der Waals surface area contributed by atoms with Gasteiger partial charge in [-0.3, -0.25) is 9.78 Å². The van der Waals surface area contributed by atoms with Gasteiger partial charge in [-0.15, -0.1) is 0 Å². The van der Waals surface area contributed by atoms with Gasteiger partial charge in [0.2, 0.25) is 5.82 Å². The summed E-state index contributed by atoms with van der Waals surface area (Å²) in [6.45, 7) is 5.26. The molecule has 0 bridgehead atoms. The Labute approximate surface area is 193 Å². The van der Waals surface area contributed by atoms with Crippen molar-refractivity contribution in [2.24, 2.45) is 0 Å². The average Bonchev–Trinajstić information content (AvgIpc) is 3.31. The van der Waals surface area contributed by atoms with Crippen molar-refractivity contribution < 1.29 is 9.53 Å². The molecule has 1 saturated heterocycles. The van der Waals surface area contributed by atoms with Gasteiger partial charge in [-0.1, -0.05) is 43.3 Å². The molecule has 0 unspecified atom stereocenters. The molecule has 5 rings (SSSR count). The van der Waals surface area contributed by atoms with E-state index in [0.29, 0.717) is 0 Å². The Bertz CT molecular complexity index is 1160. The van der Waals surface area contributed by atoms with Gasteiger partial charge in [-0.2, -0.15) is 0 Å². The van der Waals surface area contributed by atoms with Crippen LogP contribution in [0.5, 0.6) is 0 Å². The van der Waals surface area contributed by atoms with Crippen LogP contribution in [0.2, 0.25) is 0 Å².